The van der Waals surface area contributed by atoms with E-state index in [9.17, 15) is 13.2 Å². The summed E-state index contributed by atoms with van der Waals surface area (Å²) in [5.41, 5.74) is 0.985. The van der Waals surface area contributed by atoms with Crippen molar-refractivity contribution in [3.05, 3.63) is 34.5 Å². The van der Waals surface area contributed by atoms with Crippen molar-refractivity contribution in [3.63, 3.8) is 0 Å². The molecule has 0 unspecified atom stereocenters. The van der Waals surface area contributed by atoms with Crippen molar-refractivity contribution < 1.29 is 27.4 Å². The Morgan fingerprint density at radius 3 is 2.55 bits per heavy atom. The monoisotopic (exact) mass is 494 g/mol. The molecule has 1 N–H and O–H groups in total. The largest absolute Gasteiger partial charge is 0.492 e. The molecular weight excluding hydrogens is 468 g/mol. The van der Waals surface area contributed by atoms with Crippen molar-refractivity contribution in [2.45, 2.75) is 25.3 Å². The molecule has 2 aromatic heterocycles. The smallest absolute Gasteiger partial charge is 0.266 e. The van der Waals surface area contributed by atoms with Crippen LogP contribution in [0.3, 0.4) is 0 Å². The number of methoxy groups -OCH3 is 2. The average Bonchev–Trinajstić information content (AvgIpc) is 3.11. The molecule has 0 saturated carbocycles. The van der Waals surface area contributed by atoms with E-state index < -0.39 is 15.9 Å². The number of anilines is 1. The molecule has 0 aliphatic heterocycles. The molecule has 0 aliphatic rings. The second kappa shape index (κ2) is 10.00. The van der Waals surface area contributed by atoms with Gasteiger partial charge < -0.3 is 19.5 Å². The van der Waals surface area contributed by atoms with Gasteiger partial charge in [0.15, 0.2) is 5.82 Å². The predicted octanol–water partition coefficient (Wildman–Crippen LogP) is 3.06. The number of ether oxygens (including phenoxy) is 3. The summed E-state index contributed by atoms with van der Waals surface area (Å²) in [7, 11) is 2.12. The zero-order chi connectivity index (χ0) is 24.3. The van der Waals surface area contributed by atoms with Gasteiger partial charge in [-0.2, -0.15) is 4.98 Å². The number of aryl methyl sites for hydroxylation is 1. The lowest BCUT2D eigenvalue weighted by molar-refractivity contribution is 0.103. The molecule has 2 heterocycles. The maximum absolute atomic E-state index is 13.1. The van der Waals surface area contributed by atoms with Gasteiger partial charge >= 0.3 is 0 Å². The van der Waals surface area contributed by atoms with Crippen LogP contribution in [0.2, 0.25) is 0 Å². The minimum Gasteiger partial charge on any atom is -0.492 e. The van der Waals surface area contributed by atoms with E-state index in [-0.39, 0.29) is 17.3 Å². The number of sulfonamides is 1. The Labute approximate surface area is 196 Å². The van der Waals surface area contributed by atoms with Gasteiger partial charge in [-0.25, -0.2) is 17.7 Å². The molecule has 12 heteroatoms. The van der Waals surface area contributed by atoms with Gasteiger partial charge in [-0.05, 0) is 37.6 Å². The molecule has 178 valence electrons. The van der Waals surface area contributed by atoms with E-state index in [1.807, 2.05) is 0 Å². The van der Waals surface area contributed by atoms with E-state index in [1.165, 1.54) is 44.7 Å². The van der Waals surface area contributed by atoms with E-state index >= 15 is 0 Å². The second-order valence-electron chi connectivity index (χ2n) is 7.15. The standard InChI is InChI=1S/C21H26N4O6S2/c1-7-31-14-9-8-13(10-15(14)33(27,28)25(3)4)22-19(26)18-12(2)17-20(30-6)23-16(11-29-5)24-21(17)32-18/h8-10H,7,11H2,1-6H3,(H,22,26). The van der Waals surface area contributed by atoms with E-state index in [0.717, 1.165) is 4.31 Å². The SMILES string of the molecule is CCOc1ccc(NC(=O)c2sc3nc(COC)nc(OC)c3c2C)cc1S(=O)(=O)N(C)C. The number of hydrogen-bond donors (Lipinski definition) is 1. The van der Waals surface area contributed by atoms with Crippen LogP contribution in [0, 0.1) is 6.92 Å². The highest BCUT2D eigenvalue weighted by Crippen LogP contribution is 2.36. The first kappa shape index (κ1) is 24.8. The number of benzene rings is 1. The first-order valence-electron chi connectivity index (χ1n) is 9.97. The highest BCUT2D eigenvalue weighted by atomic mass is 32.2. The molecule has 0 fully saturated rings. The van der Waals surface area contributed by atoms with Gasteiger partial charge in [-0.1, -0.05) is 0 Å². The fourth-order valence-electron chi connectivity index (χ4n) is 3.15. The third-order valence-corrected chi connectivity index (χ3v) is 7.76. The van der Waals surface area contributed by atoms with Crippen molar-refractivity contribution in [3.8, 4) is 11.6 Å². The van der Waals surface area contributed by atoms with E-state index in [4.69, 9.17) is 14.2 Å². The van der Waals surface area contributed by atoms with Gasteiger partial charge in [0.05, 0.1) is 24.0 Å². The Hall–Kier alpha value is -2.80. The molecular formula is C21H26N4O6S2. The molecule has 3 rings (SSSR count). The van der Waals surface area contributed by atoms with Crippen LogP contribution in [-0.2, 0) is 21.4 Å². The van der Waals surface area contributed by atoms with Gasteiger partial charge in [-0.3, -0.25) is 4.79 Å². The van der Waals surface area contributed by atoms with Gasteiger partial charge in [0, 0.05) is 26.9 Å². The van der Waals surface area contributed by atoms with Crippen LogP contribution in [0.25, 0.3) is 10.2 Å². The number of carbonyl (C=O) groups is 1. The molecule has 0 spiro atoms. The summed E-state index contributed by atoms with van der Waals surface area (Å²) >= 11 is 1.20. The number of aromatic nitrogens is 2. The number of nitrogens with one attached hydrogen (secondary N) is 1. The van der Waals surface area contributed by atoms with E-state index in [2.05, 4.69) is 15.3 Å². The van der Waals surface area contributed by atoms with Crippen LogP contribution < -0.4 is 14.8 Å². The Morgan fingerprint density at radius 1 is 1.21 bits per heavy atom. The molecule has 3 aromatic rings. The first-order valence-corrected chi connectivity index (χ1v) is 12.2. The fraction of sp³-hybridized carbons (Fsp3) is 0.381. The van der Waals surface area contributed by atoms with Crippen LogP contribution >= 0.6 is 11.3 Å². The summed E-state index contributed by atoms with van der Waals surface area (Å²) in [6, 6.07) is 4.51. The predicted molar refractivity (Wildman–Crippen MR) is 126 cm³/mol. The maximum Gasteiger partial charge on any atom is 0.266 e. The van der Waals surface area contributed by atoms with E-state index in [1.54, 1.807) is 27.0 Å². The zero-order valence-electron chi connectivity index (χ0n) is 19.3. The Morgan fingerprint density at radius 2 is 1.94 bits per heavy atom. The minimum absolute atomic E-state index is 0.0306. The number of amides is 1. The number of nitrogens with zero attached hydrogens (tertiary/aromatic N) is 3. The van der Waals surface area contributed by atoms with Gasteiger partial charge in [0.2, 0.25) is 15.9 Å². The van der Waals surface area contributed by atoms with Crippen molar-refractivity contribution in [2.24, 2.45) is 0 Å². The number of hydrogen-bond acceptors (Lipinski definition) is 9. The Kier molecular flexibility index (Phi) is 7.52. The molecule has 0 saturated heterocycles. The van der Waals surface area contributed by atoms with Crippen LogP contribution in [0.15, 0.2) is 23.1 Å². The lowest BCUT2D eigenvalue weighted by Gasteiger charge is -2.16. The summed E-state index contributed by atoms with van der Waals surface area (Å²) in [6.07, 6.45) is 0. The molecule has 0 aliphatic carbocycles. The van der Waals surface area contributed by atoms with Crippen LogP contribution in [0.5, 0.6) is 11.6 Å². The van der Waals surface area contributed by atoms with Crippen molar-refractivity contribution >= 4 is 43.2 Å². The van der Waals surface area contributed by atoms with Crippen LogP contribution in [-0.4, -0.2) is 63.5 Å². The van der Waals surface area contributed by atoms with E-state index in [0.29, 0.717) is 44.7 Å². The summed E-state index contributed by atoms with van der Waals surface area (Å²) in [5, 5.41) is 3.43. The van der Waals surface area contributed by atoms with Crippen LogP contribution in [0.4, 0.5) is 5.69 Å². The molecule has 0 bridgehead atoms. The lowest BCUT2D eigenvalue weighted by Crippen LogP contribution is -2.23. The Bertz CT molecular complexity index is 1290. The molecule has 33 heavy (non-hydrogen) atoms. The third kappa shape index (κ3) is 4.93. The molecule has 1 amide bonds. The van der Waals surface area contributed by atoms with Crippen molar-refractivity contribution in [2.75, 3.05) is 40.2 Å². The minimum atomic E-state index is -3.79. The zero-order valence-corrected chi connectivity index (χ0v) is 20.9. The van der Waals surface area contributed by atoms with Gasteiger partial charge in [-0.15, -0.1) is 11.3 Å². The number of thiophene rings is 1. The highest BCUT2D eigenvalue weighted by molar-refractivity contribution is 7.89. The van der Waals surface area contributed by atoms with Gasteiger partial charge in [0.1, 0.15) is 22.1 Å². The highest BCUT2D eigenvalue weighted by Gasteiger charge is 2.25. The molecule has 10 nitrogen and oxygen atoms in total. The first-order chi connectivity index (χ1) is 15.6. The molecule has 1 aromatic carbocycles. The second-order valence-corrected chi connectivity index (χ2v) is 10.3. The lowest BCUT2D eigenvalue weighted by atomic mass is 10.2. The molecule has 0 radical (unpaired) electrons. The summed E-state index contributed by atoms with van der Waals surface area (Å²) in [6.45, 7) is 4.06. The topological polar surface area (TPSA) is 120 Å². The summed E-state index contributed by atoms with van der Waals surface area (Å²) < 4.78 is 42.6. The summed E-state index contributed by atoms with van der Waals surface area (Å²) in [5.74, 6) is 0.622. The number of rotatable bonds is 9. The maximum atomic E-state index is 13.1. The average molecular weight is 495 g/mol. The fourth-order valence-corrected chi connectivity index (χ4v) is 5.29. The number of carbonyl (C=O) groups excluding carboxylic acids is 1. The van der Waals surface area contributed by atoms with Crippen LogP contribution in [0.1, 0.15) is 28.0 Å². The molecule has 0 atom stereocenters. The normalized spacial score (nSPS) is 11.7. The van der Waals surface area contributed by atoms with Crippen molar-refractivity contribution in [1.29, 1.82) is 0 Å². The Balaban J connectivity index is 2.01. The third-order valence-electron chi connectivity index (χ3n) is 4.74. The van der Waals surface area contributed by atoms with Crippen molar-refractivity contribution in [1.82, 2.24) is 14.3 Å². The summed E-state index contributed by atoms with van der Waals surface area (Å²) in [4.78, 5) is 22.9. The number of fused-ring (bicyclic) bond motifs is 1. The van der Waals surface area contributed by atoms with Gasteiger partial charge in [0.25, 0.3) is 5.91 Å². The quantitative estimate of drug-likeness (QED) is 0.482.